The van der Waals surface area contributed by atoms with E-state index in [2.05, 4.69) is 29.1 Å². The van der Waals surface area contributed by atoms with Gasteiger partial charge in [-0.1, -0.05) is 13.0 Å². The number of aryl methyl sites for hydroxylation is 1. The maximum atomic E-state index is 12.8. The highest BCUT2D eigenvalue weighted by Crippen LogP contribution is 2.41. The minimum Gasteiger partial charge on any atom is -0.318 e. The zero-order valence-corrected chi connectivity index (χ0v) is 15.6. The molecule has 2 aromatic heterocycles. The van der Waals surface area contributed by atoms with Crippen LogP contribution in [0.2, 0.25) is 0 Å². The summed E-state index contributed by atoms with van der Waals surface area (Å²) in [6.07, 6.45) is 10.8. The van der Waals surface area contributed by atoms with Crippen LogP contribution in [0.1, 0.15) is 31.7 Å². The molecular weight excluding hydrogens is 338 g/mol. The number of rotatable bonds is 2. The molecule has 0 spiro atoms. The zero-order valence-electron chi connectivity index (χ0n) is 15.6. The van der Waals surface area contributed by atoms with Crippen LogP contribution in [-0.2, 0) is 0 Å². The number of benzene rings is 1. The predicted octanol–water partition coefficient (Wildman–Crippen LogP) is 4.11. The average molecular weight is 361 g/mol. The van der Waals surface area contributed by atoms with Crippen molar-refractivity contribution in [2.75, 3.05) is 5.32 Å². The molecule has 4 heterocycles. The molecule has 3 aromatic rings. The largest absolute Gasteiger partial charge is 0.322 e. The molecule has 5 rings (SSSR count). The van der Waals surface area contributed by atoms with Crippen molar-refractivity contribution < 1.29 is 4.79 Å². The molecule has 1 N–H and O–H groups in total. The Labute approximate surface area is 158 Å². The van der Waals surface area contributed by atoms with Crippen molar-refractivity contribution in [3.05, 3.63) is 48.5 Å². The lowest BCUT2D eigenvalue weighted by molar-refractivity contribution is -0.00600. The normalized spacial score (nSPS) is 23.9. The molecule has 0 aliphatic carbocycles. The Morgan fingerprint density at radius 3 is 2.81 bits per heavy atom. The Bertz CT molecular complexity index is 1010. The van der Waals surface area contributed by atoms with Gasteiger partial charge in [-0.05, 0) is 49.8 Å². The van der Waals surface area contributed by atoms with Crippen LogP contribution < -0.4 is 5.32 Å². The quantitative estimate of drug-likeness (QED) is 0.747. The van der Waals surface area contributed by atoms with Gasteiger partial charge in [0.25, 0.3) is 0 Å². The van der Waals surface area contributed by atoms with E-state index in [-0.39, 0.29) is 6.03 Å². The van der Waals surface area contributed by atoms with Gasteiger partial charge < -0.3 is 14.6 Å². The Balaban J connectivity index is 1.39. The number of fused-ring (bicyclic) bond motifs is 3. The summed E-state index contributed by atoms with van der Waals surface area (Å²) < 4.78 is 1.95. The molecule has 2 aliphatic rings. The van der Waals surface area contributed by atoms with E-state index in [4.69, 9.17) is 0 Å². The summed E-state index contributed by atoms with van der Waals surface area (Å²) in [4.78, 5) is 23.6. The number of nitrogens with zero attached hydrogens (tertiary/aromatic N) is 4. The fourth-order valence-electron chi connectivity index (χ4n) is 4.61. The number of urea groups is 1. The predicted molar refractivity (Wildman–Crippen MR) is 105 cm³/mol. The number of carbonyl (C=O) groups excluding carboxylic acids is 1. The smallest absolute Gasteiger partial charge is 0.318 e. The SMILES string of the molecule is Cc1ccc(NC(=O)N2C3CC(C)CC2C3)cc1-c1cn2ccnc2cn1. The summed E-state index contributed by atoms with van der Waals surface area (Å²) >= 11 is 0. The van der Waals surface area contributed by atoms with Gasteiger partial charge in [-0.15, -0.1) is 0 Å². The van der Waals surface area contributed by atoms with Crippen LogP contribution in [0.5, 0.6) is 0 Å². The molecule has 2 saturated heterocycles. The zero-order chi connectivity index (χ0) is 18.5. The Morgan fingerprint density at radius 1 is 1.19 bits per heavy atom. The van der Waals surface area contributed by atoms with Crippen LogP contribution in [0.4, 0.5) is 10.5 Å². The van der Waals surface area contributed by atoms with Crippen LogP contribution in [0.25, 0.3) is 16.9 Å². The van der Waals surface area contributed by atoms with Crippen molar-refractivity contribution in [1.29, 1.82) is 0 Å². The number of nitrogens with one attached hydrogen (secondary N) is 1. The fourth-order valence-corrected chi connectivity index (χ4v) is 4.61. The number of amides is 2. The third-order valence-electron chi connectivity index (χ3n) is 5.96. The van der Waals surface area contributed by atoms with Crippen molar-refractivity contribution in [1.82, 2.24) is 19.3 Å². The molecule has 6 nitrogen and oxygen atoms in total. The third kappa shape index (κ3) is 2.76. The maximum Gasteiger partial charge on any atom is 0.322 e. The summed E-state index contributed by atoms with van der Waals surface area (Å²) in [5.74, 6) is 0.730. The maximum absolute atomic E-state index is 12.8. The Hall–Kier alpha value is -2.89. The number of hydrogen-bond donors (Lipinski definition) is 1. The molecular formula is C21H23N5O. The van der Waals surface area contributed by atoms with Gasteiger partial charge in [-0.3, -0.25) is 4.98 Å². The standard InChI is InChI=1S/C21H23N5O/c1-13-7-16-10-17(8-13)26(16)21(27)24-15-4-3-14(2)18(9-15)19-12-25-6-5-22-20(25)11-23-19/h3-6,9,11-13,16-17H,7-8,10H2,1-2H3,(H,24,27). The molecule has 0 saturated carbocycles. The Morgan fingerprint density at radius 2 is 2.00 bits per heavy atom. The van der Waals surface area contributed by atoms with Crippen LogP contribution in [0, 0.1) is 12.8 Å². The van der Waals surface area contributed by atoms with E-state index < -0.39 is 0 Å². The second-order valence-electron chi connectivity index (χ2n) is 7.95. The lowest BCUT2D eigenvalue weighted by Gasteiger charge is -2.54. The van der Waals surface area contributed by atoms with E-state index in [1.807, 2.05) is 39.9 Å². The van der Waals surface area contributed by atoms with E-state index in [1.165, 1.54) is 0 Å². The van der Waals surface area contributed by atoms with Gasteiger partial charge in [-0.25, -0.2) is 9.78 Å². The molecule has 2 aliphatic heterocycles. The first-order valence-corrected chi connectivity index (χ1v) is 9.57. The monoisotopic (exact) mass is 361 g/mol. The summed E-state index contributed by atoms with van der Waals surface area (Å²) in [6.45, 7) is 4.34. The first kappa shape index (κ1) is 16.3. The second-order valence-corrected chi connectivity index (χ2v) is 7.95. The lowest BCUT2D eigenvalue weighted by Crippen LogP contribution is -2.63. The Kier molecular flexibility index (Phi) is 3.67. The van der Waals surface area contributed by atoms with Gasteiger partial charge in [0.2, 0.25) is 0 Å². The van der Waals surface area contributed by atoms with Gasteiger partial charge in [-0.2, -0.15) is 0 Å². The van der Waals surface area contributed by atoms with Crippen molar-refractivity contribution in [3.63, 3.8) is 0 Å². The summed E-state index contributed by atoms with van der Waals surface area (Å²) in [6, 6.07) is 6.85. The number of anilines is 1. The topological polar surface area (TPSA) is 62.5 Å². The summed E-state index contributed by atoms with van der Waals surface area (Å²) in [7, 11) is 0. The number of hydrogen-bond acceptors (Lipinski definition) is 3. The number of piperidine rings is 1. The van der Waals surface area contributed by atoms with Crippen LogP contribution in [0.3, 0.4) is 0 Å². The van der Waals surface area contributed by atoms with Gasteiger partial charge >= 0.3 is 6.03 Å². The van der Waals surface area contributed by atoms with Gasteiger partial charge in [0.15, 0.2) is 5.65 Å². The van der Waals surface area contributed by atoms with Crippen LogP contribution in [0.15, 0.2) is 43.0 Å². The van der Waals surface area contributed by atoms with E-state index in [0.717, 1.165) is 53.3 Å². The van der Waals surface area contributed by atoms with Crippen LogP contribution in [-0.4, -0.2) is 37.4 Å². The average Bonchev–Trinajstić information content (AvgIpc) is 3.10. The van der Waals surface area contributed by atoms with Crippen molar-refractivity contribution in [2.24, 2.45) is 5.92 Å². The molecule has 27 heavy (non-hydrogen) atoms. The lowest BCUT2D eigenvalue weighted by atomic mass is 9.74. The van der Waals surface area contributed by atoms with Crippen molar-refractivity contribution >= 4 is 17.4 Å². The molecule has 138 valence electrons. The van der Waals surface area contributed by atoms with Gasteiger partial charge in [0.1, 0.15) is 0 Å². The third-order valence-corrected chi connectivity index (χ3v) is 5.96. The van der Waals surface area contributed by atoms with E-state index >= 15 is 0 Å². The molecule has 1 aromatic carbocycles. The first-order chi connectivity index (χ1) is 13.1. The summed E-state index contributed by atoms with van der Waals surface area (Å²) in [5, 5.41) is 3.10. The molecule has 6 heteroatoms. The van der Waals surface area contributed by atoms with Crippen molar-refractivity contribution in [3.8, 4) is 11.3 Å². The van der Waals surface area contributed by atoms with E-state index in [1.54, 1.807) is 12.4 Å². The fraction of sp³-hybridized carbons (Fsp3) is 0.381. The number of imidazole rings is 1. The van der Waals surface area contributed by atoms with Gasteiger partial charge in [0.05, 0.1) is 11.9 Å². The van der Waals surface area contributed by atoms with E-state index in [0.29, 0.717) is 12.1 Å². The van der Waals surface area contributed by atoms with Crippen molar-refractivity contribution in [2.45, 2.75) is 45.2 Å². The second kappa shape index (κ2) is 6.08. The number of carbonyl (C=O) groups is 1. The van der Waals surface area contributed by atoms with E-state index in [9.17, 15) is 4.79 Å². The first-order valence-electron chi connectivity index (χ1n) is 9.57. The molecule has 2 atom stereocenters. The highest BCUT2D eigenvalue weighted by atomic mass is 16.2. The van der Waals surface area contributed by atoms with Gasteiger partial charge in [0, 0.05) is 41.9 Å². The highest BCUT2D eigenvalue weighted by Gasteiger charge is 2.46. The minimum absolute atomic E-state index is 0.0240. The molecule has 2 fully saturated rings. The summed E-state index contributed by atoms with van der Waals surface area (Å²) in [5.41, 5.74) is 4.63. The minimum atomic E-state index is 0.0240. The molecule has 2 bridgehead atoms. The molecule has 0 radical (unpaired) electrons. The molecule has 2 amide bonds. The highest BCUT2D eigenvalue weighted by molar-refractivity contribution is 5.91. The number of aromatic nitrogens is 3. The van der Waals surface area contributed by atoms with Crippen LogP contribution >= 0.6 is 0 Å². The molecule has 2 unspecified atom stereocenters.